The molecule has 0 radical (unpaired) electrons. The van der Waals surface area contributed by atoms with Crippen molar-refractivity contribution in [3.05, 3.63) is 18.4 Å². The Labute approximate surface area is 68.3 Å². The minimum absolute atomic E-state index is 0.0647. The van der Waals surface area contributed by atoms with Gasteiger partial charge in [-0.2, -0.15) is 0 Å². The second-order valence-corrected chi connectivity index (χ2v) is 2.19. The van der Waals surface area contributed by atoms with Gasteiger partial charge in [-0.15, -0.1) is 0 Å². The molecule has 1 heterocycles. The third-order valence-corrected chi connectivity index (χ3v) is 1.10. The van der Waals surface area contributed by atoms with Gasteiger partial charge in [0, 0.05) is 6.92 Å². The Kier molecular flexibility index (Phi) is 2.79. The molecule has 0 aromatic carbocycles. The third kappa shape index (κ3) is 2.69. The molecule has 0 saturated carbocycles. The van der Waals surface area contributed by atoms with E-state index in [0.717, 1.165) is 6.92 Å². The lowest BCUT2D eigenvalue weighted by Gasteiger charge is -2.02. The minimum atomic E-state index is -1.58. The molecule has 1 aromatic heterocycles. The van der Waals surface area contributed by atoms with Crippen molar-refractivity contribution in [2.75, 3.05) is 0 Å². The van der Waals surface area contributed by atoms with Gasteiger partial charge >= 0.3 is 5.97 Å². The van der Waals surface area contributed by atoms with Gasteiger partial charge in [-0.3, -0.25) is 4.79 Å². The summed E-state index contributed by atoms with van der Waals surface area (Å²) in [6, 6.07) is 0. The number of rotatable bonds is 3. The zero-order valence-corrected chi connectivity index (χ0v) is 6.49. The van der Waals surface area contributed by atoms with Crippen molar-refractivity contribution in [3.63, 3.8) is 0 Å². The quantitative estimate of drug-likeness (QED) is 0.641. The van der Waals surface area contributed by atoms with Crippen LogP contribution in [0.2, 0.25) is 0 Å². The Morgan fingerprint density at radius 1 is 1.92 bits per heavy atom. The van der Waals surface area contributed by atoms with E-state index in [4.69, 9.17) is 0 Å². The number of carbonyl (C=O) groups excluding carboxylic acids is 1. The van der Waals surface area contributed by atoms with Crippen LogP contribution in [0.5, 0.6) is 0 Å². The number of alkyl halides is 1. The Balaban J connectivity index is 2.37. The summed E-state index contributed by atoms with van der Waals surface area (Å²) in [7, 11) is 0. The molecule has 1 unspecified atom stereocenters. The first kappa shape index (κ1) is 8.70. The van der Waals surface area contributed by atoms with Crippen molar-refractivity contribution in [3.8, 4) is 0 Å². The zero-order chi connectivity index (χ0) is 8.97. The van der Waals surface area contributed by atoms with E-state index in [1.165, 1.54) is 12.7 Å². The van der Waals surface area contributed by atoms with Gasteiger partial charge < -0.3 is 9.15 Å². The van der Waals surface area contributed by atoms with Gasteiger partial charge in [0.2, 0.25) is 6.36 Å². The summed E-state index contributed by atoms with van der Waals surface area (Å²) < 4.78 is 20.9. The Bertz CT molecular complexity index is 245. The number of nitrogens with zero attached hydrogens (tertiary/aromatic N) is 1. The summed E-state index contributed by atoms with van der Waals surface area (Å²) in [5, 5.41) is 0. The van der Waals surface area contributed by atoms with E-state index in [-0.39, 0.29) is 6.42 Å². The van der Waals surface area contributed by atoms with Crippen LogP contribution in [0, 0.1) is 0 Å². The van der Waals surface area contributed by atoms with E-state index in [1.807, 2.05) is 0 Å². The molecule has 5 heteroatoms. The van der Waals surface area contributed by atoms with Gasteiger partial charge in [-0.05, 0) is 0 Å². The van der Waals surface area contributed by atoms with Gasteiger partial charge in [0.1, 0.15) is 6.26 Å². The summed E-state index contributed by atoms with van der Waals surface area (Å²) in [6.45, 7) is 1.14. The molecule has 0 saturated heterocycles. The number of carbonyl (C=O) groups is 1. The van der Waals surface area contributed by atoms with E-state index >= 15 is 0 Å². The van der Waals surface area contributed by atoms with Gasteiger partial charge in [-0.25, -0.2) is 9.37 Å². The van der Waals surface area contributed by atoms with E-state index in [1.54, 1.807) is 0 Å². The largest absolute Gasteiger partial charge is 0.451 e. The maximum Gasteiger partial charge on any atom is 0.314 e. The van der Waals surface area contributed by atoms with E-state index in [9.17, 15) is 9.18 Å². The molecule has 12 heavy (non-hydrogen) atoms. The van der Waals surface area contributed by atoms with E-state index in [0.29, 0.717) is 5.69 Å². The summed E-state index contributed by atoms with van der Waals surface area (Å²) in [6.07, 6.45) is 0.862. The molecule has 0 fully saturated rings. The van der Waals surface area contributed by atoms with Crippen LogP contribution in [-0.4, -0.2) is 17.3 Å². The smallest absolute Gasteiger partial charge is 0.314 e. The molecule has 0 amide bonds. The molecule has 4 nitrogen and oxygen atoms in total. The fourth-order valence-electron chi connectivity index (χ4n) is 0.696. The van der Waals surface area contributed by atoms with Crippen molar-refractivity contribution < 1.29 is 18.3 Å². The van der Waals surface area contributed by atoms with Crippen molar-refractivity contribution in [1.82, 2.24) is 4.98 Å². The highest BCUT2D eigenvalue weighted by Crippen LogP contribution is 2.00. The fourth-order valence-corrected chi connectivity index (χ4v) is 0.696. The maximum atomic E-state index is 12.1. The summed E-state index contributed by atoms with van der Waals surface area (Å²) in [4.78, 5) is 14.5. The second kappa shape index (κ2) is 3.85. The predicted octanol–water partition coefficient (Wildman–Crippen LogP) is 1.08. The third-order valence-electron chi connectivity index (χ3n) is 1.10. The zero-order valence-electron chi connectivity index (χ0n) is 6.49. The van der Waals surface area contributed by atoms with Gasteiger partial charge in [0.05, 0.1) is 12.1 Å². The molecular weight excluding hydrogens is 165 g/mol. The highest BCUT2D eigenvalue weighted by molar-refractivity contribution is 5.71. The topological polar surface area (TPSA) is 52.3 Å². The lowest BCUT2D eigenvalue weighted by Crippen LogP contribution is -2.12. The van der Waals surface area contributed by atoms with Crippen molar-refractivity contribution in [1.29, 1.82) is 0 Å². The highest BCUT2D eigenvalue weighted by Gasteiger charge is 2.09. The van der Waals surface area contributed by atoms with Gasteiger partial charge in [0.25, 0.3) is 0 Å². The maximum absolute atomic E-state index is 12.1. The minimum Gasteiger partial charge on any atom is -0.451 e. The molecular formula is C7H8FNO3. The molecule has 0 aliphatic heterocycles. The van der Waals surface area contributed by atoms with Gasteiger partial charge in [-0.1, -0.05) is 0 Å². The van der Waals surface area contributed by atoms with E-state index in [2.05, 4.69) is 14.1 Å². The summed E-state index contributed by atoms with van der Waals surface area (Å²) in [5.41, 5.74) is 0.431. The van der Waals surface area contributed by atoms with Crippen LogP contribution in [0.1, 0.15) is 12.6 Å². The lowest BCUT2D eigenvalue weighted by atomic mass is 10.3. The molecule has 0 bridgehead atoms. The number of ether oxygens (including phenoxy) is 1. The Hall–Kier alpha value is -1.39. The van der Waals surface area contributed by atoms with Crippen LogP contribution < -0.4 is 0 Å². The summed E-state index contributed by atoms with van der Waals surface area (Å²) >= 11 is 0. The molecule has 1 atom stereocenters. The average molecular weight is 173 g/mol. The normalized spacial score (nSPS) is 12.5. The van der Waals surface area contributed by atoms with Crippen LogP contribution in [0.4, 0.5) is 4.39 Å². The molecule has 1 rings (SSSR count). The standard InChI is InChI=1S/C7H8FNO3/c1-5(8)12-7(10)2-6-3-11-4-9-6/h3-5H,2H2,1H3. The van der Waals surface area contributed by atoms with Crippen molar-refractivity contribution >= 4 is 5.97 Å². The molecule has 0 spiro atoms. The first-order valence-corrected chi connectivity index (χ1v) is 3.39. The number of oxazole rings is 1. The Morgan fingerprint density at radius 3 is 3.17 bits per heavy atom. The fraction of sp³-hybridized carbons (Fsp3) is 0.429. The van der Waals surface area contributed by atoms with Crippen molar-refractivity contribution in [2.24, 2.45) is 0 Å². The number of hydrogen-bond acceptors (Lipinski definition) is 4. The highest BCUT2D eigenvalue weighted by atomic mass is 19.1. The lowest BCUT2D eigenvalue weighted by molar-refractivity contribution is -0.155. The first-order chi connectivity index (χ1) is 5.68. The molecule has 1 aromatic rings. The number of halogens is 1. The average Bonchev–Trinajstić information content (AvgIpc) is 2.37. The molecule has 0 N–H and O–H groups in total. The van der Waals surface area contributed by atoms with Crippen LogP contribution in [0.25, 0.3) is 0 Å². The number of hydrogen-bond donors (Lipinski definition) is 0. The monoisotopic (exact) mass is 173 g/mol. The predicted molar refractivity (Wildman–Crippen MR) is 36.9 cm³/mol. The van der Waals surface area contributed by atoms with Crippen LogP contribution in [0.15, 0.2) is 17.1 Å². The van der Waals surface area contributed by atoms with Gasteiger partial charge in [0.15, 0.2) is 6.39 Å². The molecule has 0 aliphatic rings. The van der Waals surface area contributed by atoms with Crippen molar-refractivity contribution in [2.45, 2.75) is 19.7 Å². The van der Waals surface area contributed by atoms with E-state index < -0.39 is 12.3 Å². The second-order valence-electron chi connectivity index (χ2n) is 2.19. The molecule has 66 valence electrons. The number of aromatic nitrogens is 1. The SMILES string of the molecule is CC(F)OC(=O)Cc1cocn1. The number of esters is 1. The van der Waals surface area contributed by atoms with Crippen LogP contribution in [-0.2, 0) is 16.0 Å². The Morgan fingerprint density at radius 2 is 2.67 bits per heavy atom. The van der Waals surface area contributed by atoms with Crippen LogP contribution in [0.3, 0.4) is 0 Å². The summed E-state index contributed by atoms with van der Waals surface area (Å²) in [5.74, 6) is -0.654. The first-order valence-electron chi connectivity index (χ1n) is 3.39. The molecule has 0 aliphatic carbocycles. The van der Waals surface area contributed by atoms with Crippen LogP contribution >= 0.6 is 0 Å².